The van der Waals surface area contributed by atoms with Gasteiger partial charge in [0, 0.05) is 57.9 Å². The number of methoxy groups -OCH3 is 1. The molecule has 1 aliphatic heterocycles. The number of hydrogen-bond donors (Lipinski definition) is 1. The highest BCUT2D eigenvalue weighted by atomic mass is 19.1. The smallest absolute Gasteiger partial charge is 0.194 e. The molecule has 2 heterocycles. The molecule has 0 aliphatic carbocycles. The summed E-state index contributed by atoms with van der Waals surface area (Å²) in [5.74, 6) is 1.41. The summed E-state index contributed by atoms with van der Waals surface area (Å²) in [6.07, 6.45) is 4.95. The Kier molecular flexibility index (Phi) is 6.35. The Bertz CT molecular complexity index is 1010. The number of ether oxygens (including phenoxy) is 1. The lowest BCUT2D eigenvalue weighted by atomic mass is 10.2. The summed E-state index contributed by atoms with van der Waals surface area (Å²) in [7, 11) is 3.45. The number of benzene rings is 2. The zero-order valence-corrected chi connectivity index (χ0v) is 17.8. The predicted octanol–water partition coefficient (Wildman–Crippen LogP) is 2.92. The quantitative estimate of drug-likeness (QED) is 0.506. The van der Waals surface area contributed by atoms with Gasteiger partial charge in [0.15, 0.2) is 5.96 Å². The summed E-state index contributed by atoms with van der Waals surface area (Å²) in [5.41, 5.74) is 2.54. The molecule has 0 amide bonds. The van der Waals surface area contributed by atoms with E-state index >= 15 is 0 Å². The summed E-state index contributed by atoms with van der Waals surface area (Å²) in [4.78, 5) is 13.0. The fourth-order valence-electron chi connectivity index (χ4n) is 3.75. The van der Waals surface area contributed by atoms with Crippen molar-refractivity contribution in [1.29, 1.82) is 0 Å². The summed E-state index contributed by atoms with van der Waals surface area (Å²) >= 11 is 0. The Labute approximate surface area is 181 Å². The van der Waals surface area contributed by atoms with Crippen molar-refractivity contribution >= 4 is 11.6 Å². The van der Waals surface area contributed by atoms with Crippen molar-refractivity contribution in [3.05, 3.63) is 72.6 Å². The van der Waals surface area contributed by atoms with Gasteiger partial charge >= 0.3 is 0 Å². The molecule has 0 spiro atoms. The Morgan fingerprint density at radius 2 is 1.90 bits per heavy atom. The maximum Gasteiger partial charge on any atom is 0.194 e. The van der Waals surface area contributed by atoms with Crippen LogP contribution in [-0.2, 0) is 6.54 Å². The van der Waals surface area contributed by atoms with Gasteiger partial charge in [-0.25, -0.2) is 9.37 Å². The van der Waals surface area contributed by atoms with Crippen LogP contribution in [0.3, 0.4) is 0 Å². The van der Waals surface area contributed by atoms with E-state index in [1.54, 1.807) is 49.6 Å². The van der Waals surface area contributed by atoms with Gasteiger partial charge in [-0.2, -0.15) is 0 Å². The molecule has 1 N–H and O–H groups in total. The third kappa shape index (κ3) is 4.79. The number of guanidine groups is 1. The number of nitrogens with zero attached hydrogens (tertiary/aromatic N) is 5. The van der Waals surface area contributed by atoms with E-state index in [0.29, 0.717) is 12.2 Å². The number of anilines is 1. The van der Waals surface area contributed by atoms with E-state index in [1.807, 2.05) is 18.2 Å². The molecule has 1 aliphatic rings. The molecule has 162 valence electrons. The minimum absolute atomic E-state index is 0.277. The van der Waals surface area contributed by atoms with Crippen molar-refractivity contribution in [2.45, 2.75) is 6.54 Å². The molecule has 31 heavy (non-hydrogen) atoms. The molecule has 0 atom stereocenters. The van der Waals surface area contributed by atoms with Crippen LogP contribution in [0.5, 0.6) is 5.75 Å². The molecule has 0 unspecified atom stereocenters. The van der Waals surface area contributed by atoms with E-state index in [4.69, 9.17) is 4.74 Å². The molecule has 0 radical (unpaired) electrons. The first-order valence-electron chi connectivity index (χ1n) is 10.3. The fourth-order valence-corrected chi connectivity index (χ4v) is 3.75. The molecule has 1 saturated heterocycles. The molecular weight excluding hydrogens is 395 g/mol. The van der Waals surface area contributed by atoms with E-state index in [0.717, 1.165) is 43.5 Å². The number of halogens is 1. The highest BCUT2D eigenvalue weighted by Gasteiger charge is 2.20. The van der Waals surface area contributed by atoms with Gasteiger partial charge in [0.1, 0.15) is 11.6 Å². The van der Waals surface area contributed by atoms with Crippen LogP contribution >= 0.6 is 0 Å². The van der Waals surface area contributed by atoms with E-state index < -0.39 is 0 Å². The van der Waals surface area contributed by atoms with Gasteiger partial charge < -0.3 is 24.4 Å². The molecule has 0 bridgehead atoms. The minimum Gasteiger partial charge on any atom is -0.497 e. The summed E-state index contributed by atoms with van der Waals surface area (Å²) < 4.78 is 21.4. The third-order valence-corrected chi connectivity index (χ3v) is 5.47. The standard InChI is InChI=1S/C23H27FN6O/c1-25-23(27-16-18-3-8-22(21(24)15-18)30-10-9-26-17-30)29-13-11-28(12-14-29)19-4-6-20(31-2)7-5-19/h3-10,15,17H,11-14,16H2,1-2H3,(H,25,27). The van der Waals surface area contributed by atoms with Gasteiger partial charge in [0.25, 0.3) is 0 Å². The number of aromatic nitrogens is 2. The molecule has 3 aromatic rings. The molecular formula is C23H27FN6O. The summed E-state index contributed by atoms with van der Waals surface area (Å²) in [6, 6.07) is 13.4. The van der Waals surface area contributed by atoms with E-state index in [9.17, 15) is 4.39 Å². The number of nitrogens with one attached hydrogen (secondary N) is 1. The zero-order valence-electron chi connectivity index (χ0n) is 17.8. The number of piperazine rings is 1. The van der Waals surface area contributed by atoms with Crippen molar-refractivity contribution in [2.24, 2.45) is 4.99 Å². The average molecular weight is 423 g/mol. The minimum atomic E-state index is -0.277. The van der Waals surface area contributed by atoms with Crippen LogP contribution in [0.15, 0.2) is 66.2 Å². The van der Waals surface area contributed by atoms with E-state index in [-0.39, 0.29) is 5.82 Å². The van der Waals surface area contributed by atoms with Gasteiger partial charge in [-0.05, 0) is 42.0 Å². The Hall–Kier alpha value is -3.55. The van der Waals surface area contributed by atoms with Crippen LogP contribution in [0.1, 0.15) is 5.56 Å². The molecule has 1 fully saturated rings. The SMILES string of the molecule is CN=C(NCc1ccc(-n2ccnc2)c(F)c1)N1CCN(c2ccc(OC)cc2)CC1. The average Bonchev–Trinajstić information content (AvgIpc) is 3.35. The van der Waals surface area contributed by atoms with Crippen LogP contribution in [0.4, 0.5) is 10.1 Å². The van der Waals surface area contributed by atoms with Crippen LogP contribution in [0.2, 0.25) is 0 Å². The maximum absolute atomic E-state index is 14.5. The predicted molar refractivity (Wildman–Crippen MR) is 121 cm³/mol. The fraction of sp³-hybridized carbons (Fsp3) is 0.304. The molecule has 2 aromatic carbocycles. The second kappa shape index (κ2) is 9.51. The van der Waals surface area contributed by atoms with Crippen LogP contribution < -0.4 is 15.0 Å². The van der Waals surface area contributed by atoms with Crippen LogP contribution in [-0.4, -0.2) is 60.7 Å². The Morgan fingerprint density at radius 3 is 2.52 bits per heavy atom. The highest BCUT2D eigenvalue weighted by molar-refractivity contribution is 5.80. The number of hydrogen-bond acceptors (Lipinski definition) is 4. The van der Waals surface area contributed by atoms with Crippen molar-refractivity contribution in [2.75, 3.05) is 45.2 Å². The van der Waals surface area contributed by atoms with Crippen molar-refractivity contribution < 1.29 is 9.13 Å². The van der Waals surface area contributed by atoms with Crippen LogP contribution in [0, 0.1) is 5.82 Å². The van der Waals surface area contributed by atoms with Gasteiger partial charge in [0.2, 0.25) is 0 Å². The molecule has 7 nitrogen and oxygen atoms in total. The second-order valence-electron chi connectivity index (χ2n) is 7.33. The first-order chi connectivity index (χ1) is 15.2. The van der Waals surface area contributed by atoms with Crippen LogP contribution in [0.25, 0.3) is 5.69 Å². The Morgan fingerprint density at radius 1 is 1.13 bits per heavy atom. The topological polar surface area (TPSA) is 57.9 Å². The van der Waals surface area contributed by atoms with E-state index in [1.165, 1.54) is 5.69 Å². The lowest BCUT2D eigenvalue weighted by Gasteiger charge is -2.37. The largest absolute Gasteiger partial charge is 0.497 e. The first-order valence-corrected chi connectivity index (χ1v) is 10.3. The Balaban J connectivity index is 1.32. The highest BCUT2D eigenvalue weighted by Crippen LogP contribution is 2.20. The monoisotopic (exact) mass is 422 g/mol. The van der Waals surface area contributed by atoms with Crippen molar-refractivity contribution in [3.8, 4) is 11.4 Å². The molecule has 8 heteroatoms. The molecule has 1 aromatic heterocycles. The first kappa shape index (κ1) is 20.7. The molecule has 0 saturated carbocycles. The maximum atomic E-state index is 14.5. The second-order valence-corrected chi connectivity index (χ2v) is 7.33. The lowest BCUT2D eigenvalue weighted by molar-refractivity contribution is 0.372. The zero-order chi connectivity index (χ0) is 21.6. The molecule has 4 rings (SSSR count). The van der Waals surface area contributed by atoms with E-state index in [2.05, 4.69) is 37.2 Å². The number of aliphatic imine (C=N–C) groups is 1. The van der Waals surface area contributed by atoms with Gasteiger partial charge in [-0.1, -0.05) is 6.07 Å². The third-order valence-electron chi connectivity index (χ3n) is 5.47. The lowest BCUT2D eigenvalue weighted by Crippen LogP contribution is -2.52. The van der Waals surface area contributed by atoms with Gasteiger partial charge in [0.05, 0.1) is 19.1 Å². The van der Waals surface area contributed by atoms with Gasteiger partial charge in [-0.15, -0.1) is 0 Å². The number of rotatable bonds is 5. The summed E-state index contributed by atoms with van der Waals surface area (Å²) in [6.45, 7) is 4.04. The normalized spacial score (nSPS) is 14.6. The summed E-state index contributed by atoms with van der Waals surface area (Å²) in [5, 5.41) is 3.36. The van der Waals surface area contributed by atoms with Gasteiger partial charge in [-0.3, -0.25) is 4.99 Å². The van der Waals surface area contributed by atoms with Crippen molar-refractivity contribution in [3.63, 3.8) is 0 Å². The number of imidazole rings is 1. The van der Waals surface area contributed by atoms with Crippen molar-refractivity contribution in [1.82, 2.24) is 19.8 Å².